The molecule has 0 aromatic heterocycles. The minimum absolute atomic E-state index is 0.0776. The molecule has 0 aliphatic rings. The van der Waals surface area contributed by atoms with Crippen LogP contribution in [0.15, 0.2) is 60.7 Å². The van der Waals surface area contributed by atoms with Gasteiger partial charge in [-0.25, -0.2) is 0 Å². The van der Waals surface area contributed by atoms with Crippen molar-refractivity contribution in [3.8, 4) is 0 Å². The molecule has 2 aromatic carbocycles. The highest BCUT2D eigenvalue weighted by Crippen LogP contribution is 2.27. The number of hydrogen-bond acceptors (Lipinski definition) is 3. The number of amides is 1. The van der Waals surface area contributed by atoms with Crippen molar-refractivity contribution in [2.24, 2.45) is 0 Å². The fourth-order valence-electron chi connectivity index (χ4n) is 2.39. The lowest BCUT2D eigenvalue weighted by molar-refractivity contribution is -0.147. The van der Waals surface area contributed by atoms with E-state index in [4.69, 9.17) is 4.74 Å². The van der Waals surface area contributed by atoms with Gasteiger partial charge in [0.1, 0.15) is 6.54 Å². The zero-order valence-corrected chi connectivity index (χ0v) is 12.5. The Labute approximate surface area is 130 Å². The molecule has 114 valence electrons. The molecule has 0 N–H and O–H groups in total. The summed E-state index contributed by atoms with van der Waals surface area (Å²) >= 11 is 0. The standard InChI is InChI=1S/C18H19NO3/c1-2-22-17(21)13-19(14-20)18(15-9-5-3-6-10-15)16-11-7-4-8-12-16/h3-12,14,18H,2,13H2,1H3. The van der Waals surface area contributed by atoms with Gasteiger partial charge in [0, 0.05) is 0 Å². The predicted octanol–water partition coefficient (Wildman–Crippen LogP) is 2.80. The van der Waals surface area contributed by atoms with Gasteiger partial charge in [0.05, 0.1) is 12.6 Å². The van der Waals surface area contributed by atoms with Crippen LogP contribution in [0.5, 0.6) is 0 Å². The van der Waals surface area contributed by atoms with E-state index in [9.17, 15) is 9.59 Å². The predicted molar refractivity (Wildman–Crippen MR) is 84.1 cm³/mol. The first-order valence-corrected chi connectivity index (χ1v) is 7.22. The molecule has 2 rings (SSSR count). The number of esters is 1. The lowest BCUT2D eigenvalue weighted by atomic mass is 9.97. The molecule has 0 heterocycles. The normalized spacial score (nSPS) is 10.3. The summed E-state index contributed by atoms with van der Waals surface area (Å²) in [5, 5.41) is 0. The third-order valence-corrected chi connectivity index (χ3v) is 3.31. The fraction of sp³-hybridized carbons (Fsp3) is 0.222. The summed E-state index contributed by atoms with van der Waals surface area (Å²) in [6, 6.07) is 19.0. The summed E-state index contributed by atoms with van der Waals surface area (Å²) in [6.07, 6.45) is 0.696. The first-order chi connectivity index (χ1) is 10.8. The maximum Gasteiger partial charge on any atom is 0.325 e. The lowest BCUT2D eigenvalue weighted by Crippen LogP contribution is -2.34. The molecule has 0 bridgehead atoms. The van der Waals surface area contributed by atoms with Crippen LogP contribution in [0, 0.1) is 0 Å². The van der Waals surface area contributed by atoms with E-state index in [1.807, 2.05) is 60.7 Å². The third kappa shape index (κ3) is 3.95. The van der Waals surface area contributed by atoms with Crippen molar-refractivity contribution in [1.82, 2.24) is 4.90 Å². The largest absolute Gasteiger partial charge is 0.465 e. The van der Waals surface area contributed by atoms with Gasteiger partial charge in [-0.1, -0.05) is 60.7 Å². The molecule has 22 heavy (non-hydrogen) atoms. The van der Waals surface area contributed by atoms with Crippen LogP contribution in [-0.4, -0.2) is 30.4 Å². The number of hydrogen-bond donors (Lipinski definition) is 0. The number of nitrogens with zero attached hydrogens (tertiary/aromatic N) is 1. The Hall–Kier alpha value is -2.62. The van der Waals surface area contributed by atoms with E-state index in [-0.39, 0.29) is 12.6 Å². The van der Waals surface area contributed by atoms with Gasteiger partial charge < -0.3 is 9.64 Å². The molecule has 0 aliphatic carbocycles. The molecule has 1 amide bonds. The molecule has 0 unspecified atom stereocenters. The lowest BCUT2D eigenvalue weighted by Gasteiger charge is -2.28. The maximum atomic E-state index is 11.8. The average molecular weight is 297 g/mol. The highest BCUT2D eigenvalue weighted by molar-refractivity contribution is 5.74. The Kier molecular flexibility index (Phi) is 5.72. The van der Waals surface area contributed by atoms with Crippen molar-refractivity contribution in [3.05, 3.63) is 71.8 Å². The molecule has 0 aliphatic heterocycles. The molecule has 0 saturated carbocycles. The van der Waals surface area contributed by atoms with Crippen LogP contribution in [-0.2, 0) is 14.3 Å². The molecule has 0 spiro atoms. The van der Waals surface area contributed by atoms with E-state index in [0.29, 0.717) is 13.0 Å². The molecule has 2 aromatic rings. The first-order valence-electron chi connectivity index (χ1n) is 7.22. The van der Waals surface area contributed by atoms with Crippen molar-refractivity contribution >= 4 is 12.4 Å². The Balaban J connectivity index is 2.35. The summed E-state index contributed by atoms with van der Waals surface area (Å²) in [7, 11) is 0. The van der Waals surface area contributed by atoms with Crippen LogP contribution in [0.1, 0.15) is 24.1 Å². The Morgan fingerprint density at radius 3 is 1.95 bits per heavy atom. The number of benzene rings is 2. The van der Waals surface area contributed by atoms with Gasteiger partial charge in [-0.2, -0.15) is 0 Å². The van der Waals surface area contributed by atoms with Gasteiger partial charge >= 0.3 is 5.97 Å². The SMILES string of the molecule is CCOC(=O)CN(C=O)C(c1ccccc1)c1ccccc1. The van der Waals surface area contributed by atoms with Crippen molar-refractivity contribution in [3.63, 3.8) is 0 Å². The van der Waals surface area contributed by atoms with Crippen molar-refractivity contribution in [2.45, 2.75) is 13.0 Å². The third-order valence-electron chi connectivity index (χ3n) is 3.31. The molecular formula is C18H19NO3. The van der Waals surface area contributed by atoms with E-state index >= 15 is 0 Å². The average Bonchev–Trinajstić information content (AvgIpc) is 2.56. The van der Waals surface area contributed by atoms with Gasteiger partial charge in [0.2, 0.25) is 6.41 Å². The zero-order chi connectivity index (χ0) is 15.8. The highest BCUT2D eigenvalue weighted by atomic mass is 16.5. The van der Waals surface area contributed by atoms with Gasteiger partial charge in [-0.05, 0) is 18.1 Å². The molecule has 0 atom stereocenters. The van der Waals surface area contributed by atoms with E-state index in [1.54, 1.807) is 6.92 Å². The van der Waals surface area contributed by atoms with Crippen LogP contribution in [0.4, 0.5) is 0 Å². The minimum atomic E-state index is -0.411. The van der Waals surface area contributed by atoms with Crippen molar-refractivity contribution in [2.75, 3.05) is 13.2 Å². The van der Waals surface area contributed by atoms with E-state index in [0.717, 1.165) is 11.1 Å². The van der Waals surface area contributed by atoms with Gasteiger partial charge in [-0.15, -0.1) is 0 Å². The zero-order valence-electron chi connectivity index (χ0n) is 12.5. The molecule has 0 radical (unpaired) electrons. The van der Waals surface area contributed by atoms with Crippen LogP contribution in [0.3, 0.4) is 0 Å². The summed E-state index contributed by atoms with van der Waals surface area (Å²) < 4.78 is 4.96. The minimum Gasteiger partial charge on any atom is -0.465 e. The highest BCUT2D eigenvalue weighted by Gasteiger charge is 2.23. The smallest absolute Gasteiger partial charge is 0.325 e. The topological polar surface area (TPSA) is 46.6 Å². The van der Waals surface area contributed by atoms with Crippen LogP contribution < -0.4 is 0 Å². The molecule has 0 fully saturated rings. The summed E-state index contributed by atoms with van der Waals surface area (Å²) in [4.78, 5) is 24.8. The van der Waals surface area contributed by atoms with Crippen LogP contribution in [0.2, 0.25) is 0 Å². The molecular weight excluding hydrogens is 278 g/mol. The summed E-state index contributed by atoms with van der Waals surface area (Å²) in [5.74, 6) is -0.411. The quantitative estimate of drug-likeness (QED) is 0.583. The maximum absolute atomic E-state index is 11.8. The van der Waals surface area contributed by atoms with Crippen molar-refractivity contribution in [1.29, 1.82) is 0 Å². The second kappa shape index (κ2) is 7.98. The fourth-order valence-corrected chi connectivity index (χ4v) is 2.39. The Morgan fingerprint density at radius 2 is 1.55 bits per heavy atom. The first kappa shape index (κ1) is 15.8. The van der Waals surface area contributed by atoms with Crippen LogP contribution >= 0.6 is 0 Å². The summed E-state index contributed by atoms with van der Waals surface area (Å²) in [6.45, 7) is 1.97. The number of ether oxygens (including phenoxy) is 1. The van der Waals surface area contributed by atoms with E-state index in [1.165, 1.54) is 4.90 Å². The number of carbonyl (C=O) groups excluding carboxylic acids is 2. The number of rotatable bonds is 7. The molecule has 4 heteroatoms. The van der Waals surface area contributed by atoms with E-state index < -0.39 is 5.97 Å². The Morgan fingerprint density at radius 1 is 1.05 bits per heavy atom. The summed E-state index contributed by atoms with van der Waals surface area (Å²) in [5.41, 5.74) is 1.90. The Bertz CT molecular complexity index is 559. The second-order valence-corrected chi connectivity index (χ2v) is 4.81. The monoisotopic (exact) mass is 297 g/mol. The molecule has 0 saturated heterocycles. The van der Waals surface area contributed by atoms with E-state index in [2.05, 4.69) is 0 Å². The van der Waals surface area contributed by atoms with Gasteiger partial charge in [0.15, 0.2) is 0 Å². The molecule has 4 nitrogen and oxygen atoms in total. The van der Waals surface area contributed by atoms with Crippen molar-refractivity contribution < 1.29 is 14.3 Å². The second-order valence-electron chi connectivity index (χ2n) is 4.81. The van der Waals surface area contributed by atoms with Gasteiger partial charge in [-0.3, -0.25) is 9.59 Å². The number of carbonyl (C=O) groups is 2. The van der Waals surface area contributed by atoms with Gasteiger partial charge in [0.25, 0.3) is 0 Å². The van der Waals surface area contributed by atoms with Crippen LogP contribution in [0.25, 0.3) is 0 Å².